The lowest BCUT2D eigenvalue weighted by Crippen LogP contribution is -1.96. The first-order valence-electron chi connectivity index (χ1n) is 2.81. The summed E-state index contributed by atoms with van der Waals surface area (Å²) in [6.07, 6.45) is 1.80. The molecule has 0 amide bonds. The smallest absolute Gasteiger partial charge is 0.0671 e. The minimum Gasteiger partial charge on any atom is -0.290 e. The average Bonchev–Trinajstić information content (AvgIpc) is 1.67. The molecule has 0 aromatic rings. The predicted octanol–water partition coefficient (Wildman–Crippen LogP) is 2.04. The summed E-state index contributed by atoms with van der Waals surface area (Å²) in [5, 5.41) is 0. The van der Waals surface area contributed by atoms with Crippen LogP contribution in [0.5, 0.6) is 0 Å². The van der Waals surface area contributed by atoms with E-state index in [4.69, 9.17) is 0 Å². The van der Waals surface area contributed by atoms with E-state index < -0.39 is 0 Å². The monoisotopic (exact) mass is 111 g/mol. The van der Waals surface area contributed by atoms with Crippen molar-refractivity contribution in [3.05, 3.63) is 12.2 Å². The Morgan fingerprint density at radius 3 is 2.38 bits per heavy atom. The predicted molar refractivity (Wildman–Crippen MR) is 38.4 cm³/mol. The second kappa shape index (κ2) is 3.42. The minimum absolute atomic E-state index is 0.292. The maximum Gasteiger partial charge on any atom is 0.0671 e. The van der Waals surface area contributed by atoms with Crippen molar-refractivity contribution in [3.63, 3.8) is 0 Å². The molecule has 0 aromatic carbocycles. The molecular weight excluding hydrogens is 98.1 g/mol. The topological polar surface area (TPSA) is 12.4 Å². The molecule has 0 saturated carbocycles. The van der Waals surface area contributed by atoms with Crippen LogP contribution >= 0.6 is 0 Å². The first-order chi connectivity index (χ1) is 3.68. The third kappa shape index (κ3) is 2.56. The Balaban J connectivity index is 3.64. The van der Waals surface area contributed by atoms with Gasteiger partial charge in [0.1, 0.15) is 0 Å². The van der Waals surface area contributed by atoms with Gasteiger partial charge in [-0.25, -0.2) is 0 Å². The quantitative estimate of drug-likeness (QED) is 0.382. The molecule has 0 N–H and O–H groups in total. The van der Waals surface area contributed by atoms with Gasteiger partial charge >= 0.3 is 0 Å². The normalized spacial score (nSPS) is 14.4. The molecule has 46 valence electrons. The Kier molecular flexibility index (Phi) is 3.16. The number of nitrogens with zero attached hydrogens (tertiary/aromatic N) is 1. The zero-order chi connectivity index (χ0) is 6.57. The molecule has 0 fully saturated rings. The van der Waals surface area contributed by atoms with E-state index in [0.717, 1.165) is 5.57 Å². The third-order valence-electron chi connectivity index (χ3n) is 1.09. The minimum atomic E-state index is 0.292. The van der Waals surface area contributed by atoms with Crippen molar-refractivity contribution in [3.8, 4) is 0 Å². The summed E-state index contributed by atoms with van der Waals surface area (Å²) >= 11 is 0. The number of rotatable bonds is 2. The van der Waals surface area contributed by atoms with Gasteiger partial charge in [-0.15, -0.1) is 0 Å². The molecule has 1 heteroatoms. The van der Waals surface area contributed by atoms with Crippen molar-refractivity contribution >= 4 is 6.21 Å². The van der Waals surface area contributed by atoms with Crippen molar-refractivity contribution in [1.29, 1.82) is 0 Å². The number of aliphatic imine (C=N–C) groups is 1. The molecule has 0 bridgehead atoms. The van der Waals surface area contributed by atoms with Gasteiger partial charge in [0, 0.05) is 0 Å². The summed E-state index contributed by atoms with van der Waals surface area (Å²) in [7, 11) is 0. The summed E-state index contributed by atoms with van der Waals surface area (Å²) in [6, 6.07) is 0.292. The van der Waals surface area contributed by atoms with Crippen LogP contribution in [0.4, 0.5) is 0 Å². The molecule has 0 saturated heterocycles. The van der Waals surface area contributed by atoms with Gasteiger partial charge in [-0.05, 0) is 27.0 Å². The van der Waals surface area contributed by atoms with E-state index in [0.29, 0.717) is 6.04 Å². The van der Waals surface area contributed by atoms with Gasteiger partial charge in [-0.3, -0.25) is 4.99 Å². The average molecular weight is 111 g/mol. The molecule has 1 atom stereocenters. The molecule has 0 radical (unpaired) electrons. The van der Waals surface area contributed by atoms with Crippen LogP contribution in [0.2, 0.25) is 0 Å². The molecular formula is C7H13N. The van der Waals surface area contributed by atoms with E-state index in [9.17, 15) is 0 Å². The van der Waals surface area contributed by atoms with Crippen LogP contribution in [0.3, 0.4) is 0 Å². The van der Waals surface area contributed by atoms with Crippen molar-refractivity contribution in [2.24, 2.45) is 4.99 Å². The third-order valence-corrected chi connectivity index (χ3v) is 1.09. The van der Waals surface area contributed by atoms with Crippen LogP contribution in [0, 0.1) is 0 Å². The summed E-state index contributed by atoms with van der Waals surface area (Å²) in [4.78, 5) is 4.10. The maximum absolute atomic E-state index is 4.10. The molecule has 0 rings (SSSR count). The fourth-order valence-electron chi connectivity index (χ4n) is 0.351. The molecule has 0 aliphatic carbocycles. The Morgan fingerprint density at radius 2 is 2.25 bits per heavy atom. The van der Waals surface area contributed by atoms with E-state index in [2.05, 4.69) is 11.6 Å². The lowest BCUT2D eigenvalue weighted by atomic mass is 10.2. The fourth-order valence-corrected chi connectivity index (χ4v) is 0.351. The van der Waals surface area contributed by atoms with Gasteiger partial charge in [0.15, 0.2) is 0 Å². The van der Waals surface area contributed by atoms with E-state index in [1.807, 2.05) is 20.8 Å². The molecule has 0 aliphatic heterocycles. The molecule has 0 heterocycles. The number of hydrogen-bond donors (Lipinski definition) is 0. The highest BCUT2D eigenvalue weighted by atomic mass is 14.7. The summed E-state index contributed by atoms with van der Waals surface area (Å²) < 4.78 is 0. The Morgan fingerprint density at radius 1 is 1.75 bits per heavy atom. The Bertz CT molecular complexity index is 103. The van der Waals surface area contributed by atoms with Crippen LogP contribution < -0.4 is 0 Å². The first kappa shape index (κ1) is 7.41. The molecule has 8 heavy (non-hydrogen) atoms. The molecule has 0 aromatic heterocycles. The zero-order valence-electron chi connectivity index (χ0n) is 5.81. The van der Waals surface area contributed by atoms with Gasteiger partial charge in [0.2, 0.25) is 0 Å². The van der Waals surface area contributed by atoms with Crippen LogP contribution in [-0.4, -0.2) is 12.3 Å². The van der Waals surface area contributed by atoms with E-state index in [1.54, 1.807) is 6.21 Å². The van der Waals surface area contributed by atoms with Crippen LogP contribution in [0.15, 0.2) is 17.1 Å². The second-order valence-corrected chi connectivity index (χ2v) is 1.93. The SMILES string of the molecule is C=C(C)[C@H](C)N=CC. The van der Waals surface area contributed by atoms with Crippen molar-refractivity contribution in [1.82, 2.24) is 0 Å². The van der Waals surface area contributed by atoms with E-state index >= 15 is 0 Å². The van der Waals surface area contributed by atoms with Gasteiger partial charge in [0.05, 0.1) is 6.04 Å². The van der Waals surface area contributed by atoms with Gasteiger partial charge in [-0.1, -0.05) is 12.2 Å². The summed E-state index contributed by atoms with van der Waals surface area (Å²) in [6.45, 7) is 9.69. The van der Waals surface area contributed by atoms with E-state index in [-0.39, 0.29) is 0 Å². The lowest BCUT2D eigenvalue weighted by molar-refractivity contribution is 0.871. The van der Waals surface area contributed by atoms with Crippen molar-refractivity contribution in [2.45, 2.75) is 26.8 Å². The van der Waals surface area contributed by atoms with Crippen molar-refractivity contribution in [2.75, 3.05) is 0 Å². The second-order valence-electron chi connectivity index (χ2n) is 1.93. The Hall–Kier alpha value is -0.590. The van der Waals surface area contributed by atoms with Crippen molar-refractivity contribution < 1.29 is 0 Å². The fraction of sp³-hybridized carbons (Fsp3) is 0.571. The number of hydrogen-bond acceptors (Lipinski definition) is 1. The van der Waals surface area contributed by atoms with Crippen LogP contribution in [-0.2, 0) is 0 Å². The van der Waals surface area contributed by atoms with Gasteiger partial charge in [-0.2, -0.15) is 0 Å². The standard InChI is InChI=1S/C7H13N/c1-5-8-7(4)6(2)3/h5,7H,2H2,1,3-4H3/t7-/m0/s1. The van der Waals surface area contributed by atoms with Gasteiger partial charge in [0.25, 0.3) is 0 Å². The summed E-state index contributed by atoms with van der Waals surface area (Å²) in [5.74, 6) is 0. The highest BCUT2D eigenvalue weighted by Crippen LogP contribution is 1.99. The van der Waals surface area contributed by atoms with Crippen LogP contribution in [0.25, 0.3) is 0 Å². The molecule has 1 nitrogen and oxygen atoms in total. The van der Waals surface area contributed by atoms with E-state index in [1.165, 1.54) is 0 Å². The largest absolute Gasteiger partial charge is 0.290 e. The Labute approximate surface area is 51.1 Å². The van der Waals surface area contributed by atoms with Gasteiger partial charge < -0.3 is 0 Å². The zero-order valence-corrected chi connectivity index (χ0v) is 5.81. The highest BCUT2D eigenvalue weighted by molar-refractivity contribution is 5.53. The highest BCUT2D eigenvalue weighted by Gasteiger charge is 1.93. The maximum atomic E-state index is 4.10. The molecule has 0 unspecified atom stereocenters. The summed E-state index contributed by atoms with van der Waals surface area (Å²) in [5.41, 5.74) is 1.11. The van der Waals surface area contributed by atoms with Crippen LogP contribution in [0.1, 0.15) is 20.8 Å². The lowest BCUT2D eigenvalue weighted by Gasteiger charge is -2.01. The molecule has 0 aliphatic rings. The molecule has 0 spiro atoms. The first-order valence-corrected chi connectivity index (χ1v) is 2.81.